The van der Waals surface area contributed by atoms with Crippen LogP contribution in [0.15, 0.2) is 78.9 Å². The van der Waals surface area contributed by atoms with Crippen LogP contribution in [0.4, 0.5) is 11.4 Å². The van der Waals surface area contributed by atoms with Crippen molar-refractivity contribution in [3.8, 4) is 5.75 Å². The molecule has 0 bridgehead atoms. The molecule has 0 spiro atoms. The second-order valence-electron chi connectivity index (χ2n) is 8.16. The van der Waals surface area contributed by atoms with E-state index in [4.69, 9.17) is 4.74 Å². The summed E-state index contributed by atoms with van der Waals surface area (Å²) in [7, 11) is 0. The van der Waals surface area contributed by atoms with E-state index in [1.54, 1.807) is 42.5 Å². The van der Waals surface area contributed by atoms with Gasteiger partial charge in [-0.1, -0.05) is 18.2 Å². The molecule has 0 unspecified atom stereocenters. The second kappa shape index (κ2) is 10.6. The first-order valence-corrected chi connectivity index (χ1v) is 10.8. The molecule has 0 atom stereocenters. The molecular weight excluding hydrogens is 432 g/mol. The van der Waals surface area contributed by atoms with E-state index in [-0.39, 0.29) is 17.4 Å². The molecule has 0 heterocycles. The number of anilines is 1. The van der Waals surface area contributed by atoms with Gasteiger partial charge < -0.3 is 10.1 Å². The van der Waals surface area contributed by atoms with Crippen LogP contribution in [0.25, 0.3) is 6.08 Å². The fourth-order valence-electron chi connectivity index (χ4n) is 3.25. The molecule has 3 aromatic rings. The SMILES string of the molecule is CCOc1ccc(C(C)(C)C(=O)Nc2ccc(C(=O)/C=C/c3ccc([N+](=O)[O-])cc3)cc2)cc1. The molecular formula is C27H26N2O5. The lowest BCUT2D eigenvalue weighted by Gasteiger charge is -2.24. The molecule has 174 valence electrons. The normalized spacial score (nSPS) is 11.3. The number of hydrogen-bond donors (Lipinski definition) is 1. The Hall–Kier alpha value is -4.26. The molecule has 0 saturated heterocycles. The minimum atomic E-state index is -0.771. The van der Waals surface area contributed by atoms with E-state index in [1.165, 1.54) is 18.2 Å². The number of benzene rings is 3. The Morgan fingerprint density at radius 3 is 2.15 bits per heavy atom. The zero-order valence-electron chi connectivity index (χ0n) is 19.3. The van der Waals surface area contributed by atoms with E-state index >= 15 is 0 Å². The fraction of sp³-hybridized carbons (Fsp3) is 0.185. The highest BCUT2D eigenvalue weighted by Gasteiger charge is 2.29. The molecule has 1 amide bonds. The maximum absolute atomic E-state index is 12.9. The van der Waals surface area contributed by atoms with Crippen LogP contribution in [-0.4, -0.2) is 23.2 Å². The number of hydrogen-bond acceptors (Lipinski definition) is 5. The van der Waals surface area contributed by atoms with Gasteiger partial charge in [-0.3, -0.25) is 19.7 Å². The van der Waals surface area contributed by atoms with Gasteiger partial charge in [-0.05, 0) is 86.5 Å². The lowest BCUT2D eigenvalue weighted by atomic mass is 9.83. The van der Waals surface area contributed by atoms with Crippen LogP contribution < -0.4 is 10.1 Å². The van der Waals surface area contributed by atoms with Gasteiger partial charge in [0.2, 0.25) is 5.91 Å². The average Bonchev–Trinajstić information content (AvgIpc) is 2.83. The molecule has 0 aliphatic heterocycles. The largest absolute Gasteiger partial charge is 0.494 e. The van der Waals surface area contributed by atoms with Crippen molar-refractivity contribution in [3.63, 3.8) is 0 Å². The van der Waals surface area contributed by atoms with E-state index in [2.05, 4.69) is 5.32 Å². The molecule has 1 N–H and O–H groups in total. The van der Waals surface area contributed by atoms with Gasteiger partial charge in [0.15, 0.2) is 5.78 Å². The number of amides is 1. The summed E-state index contributed by atoms with van der Waals surface area (Å²) in [6, 6.07) is 20.0. The van der Waals surface area contributed by atoms with Crippen LogP contribution >= 0.6 is 0 Å². The minimum Gasteiger partial charge on any atom is -0.494 e. The molecule has 0 fully saturated rings. The van der Waals surface area contributed by atoms with E-state index < -0.39 is 10.3 Å². The molecule has 3 rings (SSSR count). The minimum absolute atomic E-state index is 0.00758. The summed E-state index contributed by atoms with van der Waals surface area (Å²) in [5.74, 6) is 0.366. The number of nitro benzene ring substituents is 1. The Balaban J connectivity index is 1.63. The topological polar surface area (TPSA) is 98.5 Å². The summed E-state index contributed by atoms with van der Waals surface area (Å²) in [6.45, 7) is 6.19. The van der Waals surface area contributed by atoms with Gasteiger partial charge in [0.1, 0.15) is 5.75 Å². The number of carbonyl (C=O) groups is 2. The van der Waals surface area contributed by atoms with Crippen LogP contribution in [0.5, 0.6) is 5.75 Å². The highest BCUT2D eigenvalue weighted by atomic mass is 16.6. The summed E-state index contributed by atoms with van der Waals surface area (Å²) in [5, 5.41) is 13.6. The van der Waals surface area contributed by atoms with Gasteiger partial charge in [-0.15, -0.1) is 0 Å². The number of ether oxygens (including phenoxy) is 1. The molecule has 0 aromatic heterocycles. The molecule has 0 saturated carbocycles. The van der Waals surface area contributed by atoms with Crippen LogP contribution in [0.1, 0.15) is 42.3 Å². The van der Waals surface area contributed by atoms with Crippen molar-refractivity contribution < 1.29 is 19.2 Å². The van der Waals surface area contributed by atoms with Crippen molar-refractivity contribution in [2.75, 3.05) is 11.9 Å². The molecule has 0 radical (unpaired) electrons. The van der Waals surface area contributed by atoms with Gasteiger partial charge in [0.25, 0.3) is 5.69 Å². The first-order valence-electron chi connectivity index (χ1n) is 10.8. The predicted octanol–water partition coefficient (Wildman–Crippen LogP) is 5.81. The molecule has 0 aliphatic rings. The van der Waals surface area contributed by atoms with Crippen LogP contribution in [-0.2, 0) is 10.2 Å². The highest BCUT2D eigenvalue weighted by molar-refractivity contribution is 6.07. The van der Waals surface area contributed by atoms with Crippen molar-refractivity contribution in [2.45, 2.75) is 26.2 Å². The highest BCUT2D eigenvalue weighted by Crippen LogP contribution is 2.27. The molecule has 7 nitrogen and oxygen atoms in total. The monoisotopic (exact) mass is 458 g/mol. The van der Waals surface area contributed by atoms with Crippen LogP contribution in [0.3, 0.4) is 0 Å². The number of nitrogens with one attached hydrogen (secondary N) is 1. The van der Waals surface area contributed by atoms with Gasteiger partial charge in [0.05, 0.1) is 16.9 Å². The maximum atomic E-state index is 12.9. The smallest absolute Gasteiger partial charge is 0.269 e. The van der Waals surface area contributed by atoms with Crippen molar-refractivity contribution >= 4 is 29.1 Å². The van der Waals surface area contributed by atoms with Gasteiger partial charge in [-0.2, -0.15) is 0 Å². The van der Waals surface area contributed by atoms with Crippen LogP contribution in [0.2, 0.25) is 0 Å². The van der Waals surface area contributed by atoms with Gasteiger partial charge in [-0.25, -0.2) is 0 Å². The Bertz CT molecular complexity index is 1200. The predicted molar refractivity (Wildman–Crippen MR) is 132 cm³/mol. The Morgan fingerprint density at radius 2 is 1.59 bits per heavy atom. The standard InChI is InChI=1S/C27H26N2O5/c1-4-34-24-16-10-21(11-17-24)27(2,3)26(31)28-22-12-8-20(9-13-22)25(30)18-7-19-5-14-23(15-6-19)29(32)33/h5-18H,4H2,1-3H3,(H,28,31)/b18-7+. The summed E-state index contributed by atoms with van der Waals surface area (Å²) >= 11 is 0. The summed E-state index contributed by atoms with van der Waals surface area (Å²) in [6.07, 6.45) is 3.00. The Labute approximate surface area is 198 Å². The maximum Gasteiger partial charge on any atom is 0.269 e. The van der Waals surface area contributed by atoms with Gasteiger partial charge in [0, 0.05) is 23.4 Å². The molecule has 34 heavy (non-hydrogen) atoms. The number of carbonyl (C=O) groups excluding carboxylic acids is 2. The number of nitro groups is 1. The third kappa shape index (κ3) is 5.95. The zero-order valence-corrected chi connectivity index (χ0v) is 19.3. The summed E-state index contributed by atoms with van der Waals surface area (Å²) in [5.41, 5.74) is 1.80. The van der Waals surface area contributed by atoms with E-state index in [0.29, 0.717) is 23.4 Å². The summed E-state index contributed by atoms with van der Waals surface area (Å²) in [4.78, 5) is 35.6. The number of ketones is 1. The molecule has 3 aromatic carbocycles. The number of non-ortho nitro benzene ring substituents is 1. The fourth-order valence-corrected chi connectivity index (χ4v) is 3.25. The van der Waals surface area contributed by atoms with Crippen molar-refractivity contribution in [2.24, 2.45) is 0 Å². The summed E-state index contributed by atoms with van der Waals surface area (Å²) < 4.78 is 5.46. The number of nitrogens with zero attached hydrogens (tertiary/aromatic N) is 1. The van der Waals surface area contributed by atoms with Crippen molar-refractivity contribution in [1.82, 2.24) is 0 Å². The van der Waals surface area contributed by atoms with Gasteiger partial charge >= 0.3 is 0 Å². The van der Waals surface area contributed by atoms with E-state index in [1.807, 2.05) is 45.0 Å². The number of allylic oxidation sites excluding steroid dienone is 1. The lowest BCUT2D eigenvalue weighted by molar-refractivity contribution is -0.384. The van der Waals surface area contributed by atoms with Crippen LogP contribution in [0, 0.1) is 10.1 Å². The van der Waals surface area contributed by atoms with E-state index in [9.17, 15) is 19.7 Å². The molecule has 0 aliphatic carbocycles. The Kier molecular flexibility index (Phi) is 7.58. The lowest BCUT2D eigenvalue weighted by Crippen LogP contribution is -2.34. The Morgan fingerprint density at radius 1 is 0.971 bits per heavy atom. The molecule has 7 heteroatoms. The third-order valence-electron chi connectivity index (χ3n) is 5.41. The zero-order chi connectivity index (χ0) is 24.7. The quantitative estimate of drug-likeness (QED) is 0.189. The first-order chi connectivity index (χ1) is 16.2. The first kappa shape index (κ1) is 24.4. The second-order valence-corrected chi connectivity index (χ2v) is 8.16. The third-order valence-corrected chi connectivity index (χ3v) is 5.41. The van der Waals surface area contributed by atoms with Crippen molar-refractivity contribution in [1.29, 1.82) is 0 Å². The van der Waals surface area contributed by atoms with E-state index in [0.717, 1.165) is 11.3 Å². The number of rotatable bonds is 9. The van der Waals surface area contributed by atoms with Crippen molar-refractivity contribution in [3.05, 3.63) is 106 Å². The average molecular weight is 459 g/mol.